The first kappa shape index (κ1) is 29.5. The van der Waals surface area contributed by atoms with Gasteiger partial charge in [-0.05, 0) is 80.4 Å². The van der Waals surface area contributed by atoms with Gasteiger partial charge in [-0.25, -0.2) is 4.79 Å². The lowest BCUT2D eigenvalue weighted by atomic mass is 10.0. The second kappa shape index (κ2) is 14.2. The molecule has 3 N–H and O–H groups in total. The summed E-state index contributed by atoms with van der Waals surface area (Å²) in [4.78, 5) is 48.2. The number of likely N-dealkylation sites (N-methyl/N-ethyl adjacent to an activating group) is 1. The molecule has 0 bridgehead atoms. The predicted octanol–water partition coefficient (Wildman–Crippen LogP) is 3.80. The highest BCUT2D eigenvalue weighted by molar-refractivity contribution is 6.01. The fourth-order valence-corrected chi connectivity index (χ4v) is 4.96. The van der Waals surface area contributed by atoms with Gasteiger partial charge >= 0.3 is 5.97 Å². The summed E-state index contributed by atoms with van der Waals surface area (Å²) in [5, 5.41) is 14.0. The van der Waals surface area contributed by atoms with Crippen molar-refractivity contribution in [1.29, 1.82) is 0 Å². The normalized spacial score (nSPS) is 13.9. The molecule has 0 radical (unpaired) electrons. The molecule has 214 valence electrons. The minimum atomic E-state index is -0.999. The van der Waals surface area contributed by atoms with Gasteiger partial charge in [0.1, 0.15) is 0 Å². The van der Waals surface area contributed by atoms with Crippen LogP contribution >= 0.6 is 0 Å². The first-order valence-electron chi connectivity index (χ1n) is 13.9. The Morgan fingerprint density at radius 3 is 1.85 bits per heavy atom. The number of nitrogens with one attached hydrogen (secondary N) is 2. The minimum absolute atomic E-state index is 0.148. The van der Waals surface area contributed by atoms with Gasteiger partial charge < -0.3 is 20.2 Å². The molecule has 0 atom stereocenters. The largest absolute Gasteiger partial charge is 0.478 e. The second-order valence-electron chi connectivity index (χ2n) is 10.2. The number of fused-ring (bicyclic) bond motifs is 2. The maximum Gasteiger partial charge on any atom is 0.335 e. The maximum atomic E-state index is 12.3. The van der Waals surface area contributed by atoms with E-state index in [0.717, 1.165) is 38.9 Å². The number of aryl methyl sites for hydroxylation is 2. The number of rotatable bonds is 9. The zero-order valence-corrected chi connectivity index (χ0v) is 23.3. The van der Waals surface area contributed by atoms with E-state index in [1.54, 1.807) is 12.1 Å². The zero-order valence-electron chi connectivity index (χ0n) is 23.3. The average molecular weight is 557 g/mol. The quantitative estimate of drug-likeness (QED) is 0.343. The Bertz CT molecular complexity index is 1330. The highest BCUT2D eigenvalue weighted by Crippen LogP contribution is 2.35. The van der Waals surface area contributed by atoms with Crippen molar-refractivity contribution in [2.45, 2.75) is 32.1 Å². The van der Waals surface area contributed by atoms with Crippen LogP contribution in [0.25, 0.3) is 0 Å². The van der Waals surface area contributed by atoms with E-state index < -0.39 is 5.97 Å². The summed E-state index contributed by atoms with van der Waals surface area (Å²) in [5.74, 6) is -1.49. The fraction of sp³-hybridized carbons (Fsp3) is 0.312. The van der Waals surface area contributed by atoms with Gasteiger partial charge in [-0.2, -0.15) is 0 Å². The van der Waals surface area contributed by atoms with E-state index in [2.05, 4.69) is 76.0 Å². The lowest BCUT2D eigenvalue weighted by Crippen LogP contribution is -2.34. The second-order valence-corrected chi connectivity index (χ2v) is 10.2. The van der Waals surface area contributed by atoms with Crippen LogP contribution in [0.3, 0.4) is 0 Å². The van der Waals surface area contributed by atoms with Crippen LogP contribution < -0.4 is 15.5 Å². The van der Waals surface area contributed by atoms with Crippen molar-refractivity contribution >= 4 is 35.1 Å². The first-order chi connectivity index (χ1) is 19.8. The van der Waals surface area contributed by atoms with Crippen LogP contribution in [0, 0.1) is 0 Å². The third kappa shape index (κ3) is 8.25. The Morgan fingerprint density at radius 2 is 1.34 bits per heavy atom. The number of para-hydroxylation sites is 2. The molecule has 2 aliphatic heterocycles. The molecule has 1 fully saturated rings. The smallest absolute Gasteiger partial charge is 0.335 e. The van der Waals surface area contributed by atoms with Gasteiger partial charge in [0.05, 0.1) is 5.56 Å². The van der Waals surface area contributed by atoms with E-state index in [9.17, 15) is 19.2 Å². The van der Waals surface area contributed by atoms with Crippen LogP contribution in [0.5, 0.6) is 0 Å². The van der Waals surface area contributed by atoms with Gasteiger partial charge in [0, 0.05) is 49.4 Å². The summed E-state index contributed by atoms with van der Waals surface area (Å²) in [5.41, 5.74) is 6.03. The maximum absolute atomic E-state index is 12.3. The number of aromatic carboxylic acids is 1. The SMILES string of the molecule is CN(CCCN1c2ccccc2CCc2ccccc21)CCNC(=O)c1ccc(C(=O)O)cc1.O=C1CCC(=O)N1. The molecule has 0 aromatic heterocycles. The molecule has 5 rings (SSSR count). The van der Waals surface area contributed by atoms with Crippen molar-refractivity contribution in [3.8, 4) is 0 Å². The van der Waals surface area contributed by atoms with Crippen LogP contribution in [0.1, 0.15) is 51.1 Å². The molecule has 3 aromatic rings. The van der Waals surface area contributed by atoms with Gasteiger partial charge in [0.25, 0.3) is 5.91 Å². The van der Waals surface area contributed by atoms with Crippen LogP contribution in [-0.4, -0.2) is 66.9 Å². The van der Waals surface area contributed by atoms with Crippen molar-refractivity contribution in [2.24, 2.45) is 0 Å². The number of nitrogens with zero attached hydrogens (tertiary/aromatic N) is 2. The van der Waals surface area contributed by atoms with Crippen molar-refractivity contribution in [3.63, 3.8) is 0 Å². The Morgan fingerprint density at radius 1 is 0.805 bits per heavy atom. The molecule has 9 nitrogen and oxygen atoms in total. The van der Waals surface area contributed by atoms with Crippen molar-refractivity contribution < 1.29 is 24.3 Å². The zero-order chi connectivity index (χ0) is 29.2. The van der Waals surface area contributed by atoms with E-state index in [1.165, 1.54) is 34.6 Å². The molecule has 2 heterocycles. The van der Waals surface area contributed by atoms with E-state index in [-0.39, 0.29) is 23.3 Å². The number of amides is 3. The van der Waals surface area contributed by atoms with E-state index in [1.807, 2.05) is 0 Å². The van der Waals surface area contributed by atoms with Crippen molar-refractivity contribution in [3.05, 3.63) is 95.1 Å². The van der Waals surface area contributed by atoms with Gasteiger partial charge in [0.2, 0.25) is 11.8 Å². The third-order valence-electron chi connectivity index (χ3n) is 7.18. The summed E-state index contributed by atoms with van der Waals surface area (Å²) in [7, 11) is 2.07. The van der Waals surface area contributed by atoms with Crippen LogP contribution in [0.4, 0.5) is 11.4 Å². The standard InChI is InChI=1S/C28H31N3O3.C4H5NO2/c1-30(20-17-29-27(32)23-13-15-24(16-14-23)28(33)34)18-6-19-31-25-9-4-2-7-21(25)11-12-22-8-3-5-10-26(22)31;6-3-1-2-4(7)5-3/h2-5,7-10,13-16H,6,11-12,17-20H2,1H3,(H,29,32)(H,33,34);1-2H2,(H,5,6,7). The first-order valence-corrected chi connectivity index (χ1v) is 13.9. The summed E-state index contributed by atoms with van der Waals surface area (Å²) < 4.78 is 0. The van der Waals surface area contributed by atoms with Crippen molar-refractivity contribution in [2.75, 3.05) is 38.1 Å². The minimum Gasteiger partial charge on any atom is -0.478 e. The number of benzene rings is 3. The molecule has 0 saturated carbocycles. The molecule has 0 unspecified atom stereocenters. The van der Waals surface area contributed by atoms with Crippen molar-refractivity contribution in [1.82, 2.24) is 15.5 Å². The molecule has 2 aliphatic rings. The lowest BCUT2D eigenvalue weighted by Gasteiger charge is -2.28. The van der Waals surface area contributed by atoms with E-state index in [0.29, 0.717) is 24.9 Å². The fourth-order valence-electron chi connectivity index (χ4n) is 4.96. The predicted molar refractivity (Wildman–Crippen MR) is 158 cm³/mol. The number of carbonyl (C=O) groups is 4. The van der Waals surface area contributed by atoms with Gasteiger partial charge in [0.15, 0.2) is 0 Å². The summed E-state index contributed by atoms with van der Waals surface area (Å²) >= 11 is 0. The summed E-state index contributed by atoms with van der Waals surface area (Å²) in [6, 6.07) is 23.4. The molecular formula is C32H36N4O5. The van der Waals surface area contributed by atoms with Gasteiger partial charge in [-0.1, -0.05) is 36.4 Å². The Labute approximate surface area is 240 Å². The Kier molecular flexibility index (Phi) is 10.2. The number of carboxylic acids is 1. The number of carboxylic acid groups (broad SMARTS) is 1. The molecule has 0 aliphatic carbocycles. The van der Waals surface area contributed by atoms with Gasteiger partial charge in [-0.3, -0.25) is 19.7 Å². The highest BCUT2D eigenvalue weighted by atomic mass is 16.4. The van der Waals surface area contributed by atoms with Crippen LogP contribution in [-0.2, 0) is 22.4 Å². The number of carbonyl (C=O) groups excluding carboxylic acids is 3. The molecule has 41 heavy (non-hydrogen) atoms. The monoisotopic (exact) mass is 556 g/mol. The number of hydrogen-bond donors (Lipinski definition) is 3. The topological polar surface area (TPSA) is 119 Å². The summed E-state index contributed by atoms with van der Waals surface area (Å²) in [6.45, 7) is 3.13. The Hall–Kier alpha value is -4.50. The van der Waals surface area contributed by atoms with Crippen LogP contribution in [0.2, 0.25) is 0 Å². The number of hydrogen-bond acceptors (Lipinski definition) is 6. The van der Waals surface area contributed by atoms with E-state index >= 15 is 0 Å². The Balaban J connectivity index is 0.000000483. The van der Waals surface area contributed by atoms with Gasteiger partial charge in [-0.15, -0.1) is 0 Å². The number of imide groups is 1. The average Bonchev–Trinajstić information content (AvgIpc) is 3.29. The molecular weight excluding hydrogens is 520 g/mol. The van der Waals surface area contributed by atoms with Crippen LogP contribution in [0.15, 0.2) is 72.8 Å². The molecule has 0 spiro atoms. The molecule has 1 saturated heterocycles. The third-order valence-corrected chi connectivity index (χ3v) is 7.18. The molecule has 3 amide bonds. The highest BCUT2D eigenvalue weighted by Gasteiger charge is 2.20. The molecule has 9 heteroatoms. The lowest BCUT2D eigenvalue weighted by molar-refractivity contribution is -0.124. The molecule has 3 aromatic carbocycles. The number of anilines is 2. The summed E-state index contributed by atoms with van der Waals surface area (Å²) in [6.07, 6.45) is 3.87. The van der Waals surface area contributed by atoms with E-state index in [4.69, 9.17) is 5.11 Å².